The molecule has 0 amide bonds. The van der Waals surface area contributed by atoms with Crippen LogP contribution in [0.25, 0.3) is 0 Å². The third kappa shape index (κ3) is 0.885. The molecule has 0 aromatic carbocycles. The van der Waals surface area contributed by atoms with E-state index in [0.717, 1.165) is 31.1 Å². The van der Waals surface area contributed by atoms with Gasteiger partial charge in [-0.15, -0.1) is 0 Å². The molecule has 1 aliphatic rings. The number of fused-ring (bicyclic) bond motifs is 1. The van der Waals surface area contributed by atoms with Gasteiger partial charge in [0.25, 0.3) is 0 Å². The molecule has 3 nitrogen and oxygen atoms in total. The minimum atomic E-state index is 0.769. The number of aromatic amines is 1. The first-order chi connectivity index (χ1) is 4.97. The van der Waals surface area contributed by atoms with Crippen LogP contribution in [0.1, 0.15) is 5.69 Å². The Hall–Kier alpha value is -0.960. The fourth-order valence-corrected chi connectivity index (χ4v) is 1.11. The third-order valence-electron chi connectivity index (χ3n) is 1.63. The highest BCUT2D eigenvalue weighted by atomic mass is 16.5. The minimum absolute atomic E-state index is 0.769. The van der Waals surface area contributed by atoms with Gasteiger partial charge in [-0.25, -0.2) is 0 Å². The molecule has 1 aromatic rings. The average Bonchev–Trinajstić information content (AvgIpc) is 2.28. The lowest BCUT2D eigenvalue weighted by Crippen LogP contribution is -2.16. The highest BCUT2D eigenvalue weighted by molar-refractivity contribution is 5.28. The van der Waals surface area contributed by atoms with Gasteiger partial charge in [-0.05, 0) is 6.07 Å². The van der Waals surface area contributed by atoms with Crippen LogP contribution in [0, 0.1) is 0 Å². The van der Waals surface area contributed by atoms with Crippen molar-refractivity contribution in [1.29, 1.82) is 0 Å². The Morgan fingerprint density at radius 1 is 1.50 bits per heavy atom. The van der Waals surface area contributed by atoms with E-state index >= 15 is 0 Å². The molecule has 0 atom stereocenters. The van der Waals surface area contributed by atoms with Gasteiger partial charge >= 0.3 is 0 Å². The maximum Gasteiger partial charge on any atom is 0.141 e. The number of aromatic nitrogens is 1. The van der Waals surface area contributed by atoms with E-state index in [4.69, 9.17) is 4.74 Å². The molecule has 0 spiro atoms. The van der Waals surface area contributed by atoms with Gasteiger partial charge in [-0.2, -0.15) is 0 Å². The molecule has 3 heteroatoms. The van der Waals surface area contributed by atoms with Gasteiger partial charge in [0.2, 0.25) is 0 Å². The topological polar surface area (TPSA) is 37.0 Å². The zero-order valence-electron chi connectivity index (χ0n) is 5.68. The van der Waals surface area contributed by atoms with E-state index in [1.165, 1.54) is 0 Å². The minimum Gasteiger partial charge on any atom is -0.490 e. The van der Waals surface area contributed by atoms with Crippen molar-refractivity contribution in [2.45, 2.75) is 6.54 Å². The largest absolute Gasteiger partial charge is 0.490 e. The van der Waals surface area contributed by atoms with Gasteiger partial charge in [0.05, 0.1) is 5.69 Å². The molecule has 1 aliphatic heterocycles. The second kappa shape index (κ2) is 2.34. The fourth-order valence-electron chi connectivity index (χ4n) is 1.11. The van der Waals surface area contributed by atoms with Crippen molar-refractivity contribution in [2.24, 2.45) is 0 Å². The van der Waals surface area contributed by atoms with Crippen molar-refractivity contribution in [2.75, 3.05) is 13.2 Å². The second-order valence-corrected chi connectivity index (χ2v) is 2.35. The number of nitrogens with one attached hydrogen (secondary N) is 2. The maximum absolute atomic E-state index is 5.39. The third-order valence-corrected chi connectivity index (χ3v) is 1.63. The Labute approximate surface area is 59.4 Å². The molecule has 2 heterocycles. The van der Waals surface area contributed by atoms with E-state index in [-0.39, 0.29) is 0 Å². The molecule has 0 aliphatic carbocycles. The van der Waals surface area contributed by atoms with Crippen molar-refractivity contribution in [3.8, 4) is 5.75 Å². The van der Waals surface area contributed by atoms with Gasteiger partial charge in [-0.1, -0.05) is 0 Å². The van der Waals surface area contributed by atoms with E-state index in [0.29, 0.717) is 0 Å². The van der Waals surface area contributed by atoms with Crippen LogP contribution < -0.4 is 10.1 Å². The van der Waals surface area contributed by atoms with Crippen LogP contribution in [-0.2, 0) is 6.54 Å². The summed E-state index contributed by atoms with van der Waals surface area (Å²) >= 11 is 0. The zero-order chi connectivity index (χ0) is 6.81. The molecule has 1 aromatic heterocycles. The van der Waals surface area contributed by atoms with Crippen molar-refractivity contribution in [1.82, 2.24) is 10.3 Å². The molecular weight excluding hydrogens is 128 g/mol. The Morgan fingerprint density at radius 3 is 3.50 bits per heavy atom. The van der Waals surface area contributed by atoms with Crippen LogP contribution in [0.5, 0.6) is 5.75 Å². The van der Waals surface area contributed by atoms with Crippen LogP contribution in [-0.4, -0.2) is 18.1 Å². The first-order valence-electron chi connectivity index (χ1n) is 3.46. The van der Waals surface area contributed by atoms with Crippen molar-refractivity contribution in [3.05, 3.63) is 18.0 Å². The lowest BCUT2D eigenvalue weighted by Gasteiger charge is -1.97. The summed E-state index contributed by atoms with van der Waals surface area (Å²) in [5, 5.41) is 3.23. The SMILES string of the molecule is c1cc2c([nH]1)CNCCO2. The summed E-state index contributed by atoms with van der Waals surface area (Å²) in [6.07, 6.45) is 1.90. The summed E-state index contributed by atoms with van der Waals surface area (Å²) < 4.78 is 5.39. The van der Waals surface area contributed by atoms with Gasteiger partial charge in [-0.3, -0.25) is 0 Å². The summed E-state index contributed by atoms with van der Waals surface area (Å²) in [5.41, 5.74) is 1.15. The van der Waals surface area contributed by atoms with Crippen LogP contribution in [0.3, 0.4) is 0 Å². The highest BCUT2D eigenvalue weighted by Crippen LogP contribution is 2.17. The summed E-state index contributed by atoms with van der Waals surface area (Å²) in [4.78, 5) is 3.11. The molecule has 0 saturated heterocycles. The van der Waals surface area contributed by atoms with Crippen LogP contribution in [0.4, 0.5) is 0 Å². The smallest absolute Gasteiger partial charge is 0.141 e. The van der Waals surface area contributed by atoms with E-state index in [1.807, 2.05) is 12.3 Å². The summed E-state index contributed by atoms with van der Waals surface area (Å²) in [5.74, 6) is 0.991. The second-order valence-electron chi connectivity index (χ2n) is 2.35. The van der Waals surface area contributed by atoms with Crippen molar-refractivity contribution >= 4 is 0 Å². The summed E-state index contributed by atoms with van der Waals surface area (Å²) in [7, 11) is 0. The Bertz CT molecular complexity index is 199. The van der Waals surface area contributed by atoms with Crippen LogP contribution >= 0.6 is 0 Å². The maximum atomic E-state index is 5.39. The molecule has 2 N–H and O–H groups in total. The molecule has 0 fully saturated rings. The number of hydrogen-bond donors (Lipinski definition) is 2. The summed E-state index contributed by atoms with van der Waals surface area (Å²) in [6, 6.07) is 1.96. The van der Waals surface area contributed by atoms with E-state index < -0.39 is 0 Å². The normalized spacial score (nSPS) is 17.2. The van der Waals surface area contributed by atoms with Crippen LogP contribution in [0.2, 0.25) is 0 Å². The lowest BCUT2D eigenvalue weighted by molar-refractivity contribution is 0.326. The quantitative estimate of drug-likeness (QED) is 0.547. The number of H-pyrrole nitrogens is 1. The van der Waals surface area contributed by atoms with E-state index in [1.54, 1.807) is 0 Å². The molecular formula is C7H10N2O. The molecule has 0 bridgehead atoms. The first kappa shape index (κ1) is 5.80. The standard InChI is InChI=1S/C7H10N2O/c1-2-9-6-5-8-3-4-10-7(1)6/h1-2,8-9H,3-5H2. The lowest BCUT2D eigenvalue weighted by atomic mass is 10.4. The van der Waals surface area contributed by atoms with Gasteiger partial charge in [0.15, 0.2) is 0 Å². The number of rotatable bonds is 0. The Morgan fingerprint density at radius 2 is 2.50 bits per heavy atom. The monoisotopic (exact) mass is 138 g/mol. The molecule has 54 valence electrons. The van der Waals surface area contributed by atoms with Crippen LogP contribution in [0.15, 0.2) is 12.3 Å². The van der Waals surface area contributed by atoms with E-state index in [9.17, 15) is 0 Å². The predicted molar refractivity (Wildman–Crippen MR) is 38.0 cm³/mol. The number of hydrogen-bond acceptors (Lipinski definition) is 2. The van der Waals surface area contributed by atoms with Gasteiger partial charge in [0, 0.05) is 19.3 Å². The molecule has 10 heavy (non-hydrogen) atoms. The number of ether oxygens (including phenoxy) is 1. The van der Waals surface area contributed by atoms with Gasteiger partial charge < -0.3 is 15.0 Å². The predicted octanol–water partition coefficient (Wildman–Crippen LogP) is 0.497. The highest BCUT2D eigenvalue weighted by Gasteiger charge is 2.06. The first-order valence-corrected chi connectivity index (χ1v) is 3.46. The molecule has 2 rings (SSSR count). The Balaban J connectivity index is 2.28. The fraction of sp³-hybridized carbons (Fsp3) is 0.429. The zero-order valence-corrected chi connectivity index (χ0v) is 5.68. The van der Waals surface area contributed by atoms with E-state index in [2.05, 4.69) is 10.3 Å². The molecule has 0 radical (unpaired) electrons. The average molecular weight is 138 g/mol. The molecule has 0 saturated carbocycles. The van der Waals surface area contributed by atoms with Crippen molar-refractivity contribution < 1.29 is 4.74 Å². The van der Waals surface area contributed by atoms with Crippen molar-refractivity contribution in [3.63, 3.8) is 0 Å². The summed E-state index contributed by atoms with van der Waals surface area (Å²) in [6.45, 7) is 2.59. The molecule has 0 unspecified atom stereocenters. The van der Waals surface area contributed by atoms with Gasteiger partial charge in [0.1, 0.15) is 12.4 Å². The Kier molecular flexibility index (Phi) is 1.36.